The molecule has 3 rings (SSSR count). The normalized spacial score (nSPS) is 13.3. The number of hydrogen-bond acceptors (Lipinski definition) is 4. The number of nitrogens with zero attached hydrogens (tertiary/aromatic N) is 4. The lowest BCUT2D eigenvalue weighted by atomic mass is 10.0. The van der Waals surface area contributed by atoms with Crippen molar-refractivity contribution in [1.82, 2.24) is 9.88 Å². The van der Waals surface area contributed by atoms with Crippen LogP contribution >= 0.6 is 0 Å². The number of rotatable bonds is 2. The fraction of sp³-hybridized carbons (Fsp3) is 0.273. The summed E-state index contributed by atoms with van der Waals surface area (Å²) < 4.78 is 0. The molecule has 7 nitrogen and oxygen atoms in total. The Kier molecular flexibility index (Phi) is 6.25. The van der Waals surface area contributed by atoms with E-state index in [1.807, 2.05) is 31.2 Å². The number of carbonyl (C=O) groups is 1. The SMILES string of the molecule is Cc1cccc(C#CC=C2CCN(C(=O)N(C)c3cccc([N+](=O)[O-])c3)CC2)n1. The molecule has 1 aromatic carbocycles. The molecule has 1 saturated heterocycles. The number of aryl methyl sites for hydroxylation is 1. The Balaban J connectivity index is 1.59. The molecule has 0 spiro atoms. The number of benzene rings is 1. The second-order valence-corrected chi connectivity index (χ2v) is 6.84. The molecule has 2 aromatic rings. The summed E-state index contributed by atoms with van der Waals surface area (Å²) in [5.41, 5.74) is 3.35. The van der Waals surface area contributed by atoms with E-state index in [2.05, 4.69) is 16.8 Å². The van der Waals surface area contributed by atoms with E-state index >= 15 is 0 Å². The van der Waals surface area contributed by atoms with Crippen molar-refractivity contribution in [3.05, 3.63) is 75.6 Å². The first-order chi connectivity index (χ1) is 13.9. The highest BCUT2D eigenvalue weighted by Gasteiger charge is 2.23. The topological polar surface area (TPSA) is 79.6 Å². The first kappa shape index (κ1) is 20.1. The zero-order valence-corrected chi connectivity index (χ0v) is 16.5. The van der Waals surface area contributed by atoms with Crippen LogP contribution in [0.15, 0.2) is 54.1 Å². The quantitative estimate of drug-likeness (QED) is 0.442. The number of aromatic nitrogens is 1. The third-order valence-electron chi connectivity index (χ3n) is 4.76. The van der Waals surface area contributed by atoms with Gasteiger partial charge in [0.1, 0.15) is 5.69 Å². The van der Waals surface area contributed by atoms with Gasteiger partial charge in [-0.05, 0) is 50.0 Å². The van der Waals surface area contributed by atoms with Crippen LogP contribution < -0.4 is 4.90 Å². The number of non-ortho nitro benzene ring substituents is 1. The van der Waals surface area contributed by atoms with Gasteiger partial charge in [-0.1, -0.05) is 23.6 Å². The monoisotopic (exact) mass is 390 g/mol. The number of nitro benzene ring substituents is 1. The Morgan fingerprint density at radius 3 is 2.66 bits per heavy atom. The van der Waals surface area contributed by atoms with E-state index in [0.29, 0.717) is 18.8 Å². The molecular weight excluding hydrogens is 368 g/mol. The summed E-state index contributed by atoms with van der Waals surface area (Å²) in [4.78, 5) is 30.8. The van der Waals surface area contributed by atoms with Crippen molar-refractivity contribution < 1.29 is 9.72 Å². The maximum atomic E-state index is 12.7. The lowest BCUT2D eigenvalue weighted by Gasteiger charge is -2.32. The van der Waals surface area contributed by atoms with Crippen molar-refractivity contribution in [3.8, 4) is 11.8 Å². The molecule has 0 bridgehead atoms. The van der Waals surface area contributed by atoms with Crippen LogP contribution in [0.4, 0.5) is 16.2 Å². The molecule has 0 N–H and O–H groups in total. The number of carbonyl (C=O) groups excluding carboxylic acids is 1. The van der Waals surface area contributed by atoms with Crippen LogP contribution in [0.2, 0.25) is 0 Å². The van der Waals surface area contributed by atoms with Gasteiger partial charge in [-0.25, -0.2) is 9.78 Å². The molecular formula is C22H22N4O3. The van der Waals surface area contributed by atoms with E-state index in [1.165, 1.54) is 22.6 Å². The van der Waals surface area contributed by atoms with Gasteiger partial charge >= 0.3 is 6.03 Å². The van der Waals surface area contributed by atoms with Crippen LogP contribution in [-0.2, 0) is 0 Å². The second kappa shape index (κ2) is 9.02. The molecule has 0 atom stereocenters. The maximum Gasteiger partial charge on any atom is 0.324 e. The molecule has 148 valence electrons. The lowest BCUT2D eigenvalue weighted by Crippen LogP contribution is -2.44. The fourth-order valence-corrected chi connectivity index (χ4v) is 3.09. The van der Waals surface area contributed by atoms with Gasteiger partial charge in [0.05, 0.1) is 10.6 Å². The molecule has 2 heterocycles. The van der Waals surface area contributed by atoms with Crippen LogP contribution in [0.1, 0.15) is 24.2 Å². The van der Waals surface area contributed by atoms with Gasteiger partial charge in [-0.2, -0.15) is 0 Å². The summed E-state index contributed by atoms with van der Waals surface area (Å²) in [6.07, 6.45) is 3.42. The molecule has 2 amide bonds. The Morgan fingerprint density at radius 2 is 1.97 bits per heavy atom. The Labute approximate surface area is 169 Å². The van der Waals surface area contributed by atoms with Crippen LogP contribution in [-0.4, -0.2) is 41.0 Å². The maximum absolute atomic E-state index is 12.7. The largest absolute Gasteiger partial charge is 0.324 e. The van der Waals surface area contributed by atoms with Crippen molar-refractivity contribution in [2.75, 3.05) is 25.0 Å². The minimum absolute atomic E-state index is 0.0345. The van der Waals surface area contributed by atoms with Gasteiger partial charge in [0, 0.05) is 38.0 Å². The first-order valence-corrected chi connectivity index (χ1v) is 9.34. The predicted octanol–water partition coefficient (Wildman–Crippen LogP) is 3.93. The van der Waals surface area contributed by atoms with Crippen molar-refractivity contribution >= 4 is 17.4 Å². The summed E-state index contributed by atoms with van der Waals surface area (Å²) >= 11 is 0. The number of piperidine rings is 1. The van der Waals surface area contributed by atoms with Crippen molar-refractivity contribution in [1.29, 1.82) is 0 Å². The van der Waals surface area contributed by atoms with Gasteiger partial charge in [0.15, 0.2) is 0 Å². The molecule has 1 aromatic heterocycles. The standard InChI is InChI=1S/C22H22N4O3/c1-17-6-3-8-19(23-17)9-4-7-18-12-14-25(15-13-18)22(27)24(2)20-10-5-11-21(16-20)26(28)29/h3,5-8,10-11,16H,12-15H2,1-2H3. The van der Waals surface area contributed by atoms with Gasteiger partial charge in [0.2, 0.25) is 0 Å². The zero-order chi connectivity index (χ0) is 20.8. The minimum atomic E-state index is -0.465. The molecule has 7 heteroatoms. The number of amides is 2. The molecule has 29 heavy (non-hydrogen) atoms. The summed E-state index contributed by atoms with van der Waals surface area (Å²) in [6.45, 7) is 3.11. The zero-order valence-electron chi connectivity index (χ0n) is 16.5. The molecule has 1 fully saturated rings. The van der Waals surface area contributed by atoms with Crippen molar-refractivity contribution in [2.24, 2.45) is 0 Å². The average Bonchev–Trinajstić information content (AvgIpc) is 2.73. The third-order valence-corrected chi connectivity index (χ3v) is 4.76. The summed E-state index contributed by atoms with van der Waals surface area (Å²) in [6, 6.07) is 11.7. The highest BCUT2D eigenvalue weighted by atomic mass is 16.6. The number of anilines is 1. The highest BCUT2D eigenvalue weighted by molar-refractivity contribution is 5.91. The molecule has 0 saturated carbocycles. The van der Waals surface area contributed by atoms with Gasteiger partial charge in [-0.3, -0.25) is 15.0 Å². The van der Waals surface area contributed by atoms with E-state index in [4.69, 9.17) is 0 Å². The van der Waals surface area contributed by atoms with Gasteiger partial charge in [-0.15, -0.1) is 0 Å². The molecule has 1 aliphatic rings. The van der Waals surface area contributed by atoms with Crippen molar-refractivity contribution in [2.45, 2.75) is 19.8 Å². The number of pyridine rings is 1. The Bertz CT molecular complexity index is 1010. The number of hydrogen-bond donors (Lipinski definition) is 0. The summed E-state index contributed by atoms with van der Waals surface area (Å²) in [7, 11) is 1.63. The summed E-state index contributed by atoms with van der Waals surface area (Å²) in [5, 5.41) is 10.9. The van der Waals surface area contributed by atoms with Gasteiger partial charge in [0.25, 0.3) is 5.69 Å². The van der Waals surface area contributed by atoms with Crippen molar-refractivity contribution in [3.63, 3.8) is 0 Å². The number of nitro groups is 1. The van der Waals surface area contributed by atoms with Crippen LogP contribution in [0.25, 0.3) is 0 Å². The van der Waals surface area contributed by atoms with E-state index in [-0.39, 0.29) is 11.7 Å². The highest BCUT2D eigenvalue weighted by Crippen LogP contribution is 2.23. The Morgan fingerprint density at radius 1 is 1.24 bits per heavy atom. The number of urea groups is 1. The molecule has 1 aliphatic heterocycles. The first-order valence-electron chi connectivity index (χ1n) is 9.34. The number of likely N-dealkylation sites (tertiary alicyclic amines) is 1. The second-order valence-electron chi connectivity index (χ2n) is 6.84. The smallest absolute Gasteiger partial charge is 0.324 e. The number of allylic oxidation sites excluding steroid dienone is 1. The molecule has 0 unspecified atom stereocenters. The third kappa shape index (κ3) is 5.20. The summed E-state index contributed by atoms with van der Waals surface area (Å²) in [5.74, 6) is 6.10. The Hall–Kier alpha value is -3.66. The van der Waals surface area contributed by atoms with Crippen LogP contribution in [0, 0.1) is 28.9 Å². The van der Waals surface area contributed by atoms with Crippen LogP contribution in [0.3, 0.4) is 0 Å². The van der Waals surface area contributed by atoms with Crippen LogP contribution in [0.5, 0.6) is 0 Å². The molecule has 0 radical (unpaired) electrons. The fourth-order valence-electron chi connectivity index (χ4n) is 3.09. The van der Waals surface area contributed by atoms with Gasteiger partial charge < -0.3 is 4.90 Å². The van der Waals surface area contributed by atoms with E-state index < -0.39 is 4.92 Å². The minimum Gasteiger partial charge on any atom is -0.324 e. The van der Waals surface area contributed by atoms with E-state index in [9.17, 15) is 14.9 Å². The predicted molar refractivity (Wildman–Crippen MR) is 112 cm³/mol. The lowest BCUT2D eigenvalue weighted by molar-refractivity contribution is -0.384. The van der Waals surface area contributed by atoms with E-state index in [1.54, 1.807) is 24.1 Å². The van der Waals surface area contributed by atoms with E-state index in [0.717, 1.165) is 24.2 Å². The molecule has 0 aliphatic carbocycles. The average molecular weight is 390 g/mol.